The molecule has 0 bridgehead atoms. The van der Waals surface area contributed by atoms with Crippen LogP contribution in [0.2, 0.25) is 0 Å². The van der Waals surface area contributed by atoms with Crippen molar-refractivity contribution >= 4 is 17.8 Å². The third kappa shape index (κ3) is 8.74. The molecule has 2 atom stereocenters. The predicted molar refractivity (Wildman–Crippen MR) is 181 cm³/mol. The van der Waals surface area contributed by atoms with Gasteiger partial charge in [0, 0.05) is 37.9 Å². The van der Waals surface area contributed by atoms with Gasteiger partial charge in [0.25, 0.3) is 11.5 Å². The van der Waals surface area contributed by atoms with Gasteiger partial charge in [0.15, 0.2) is 11.6 Å². The van der Waals surface area contributed by atoms with E-state index in [1.165, 1.54) is 16.7 Å². The van der Waals surface area contributed by atoms with Crippen LogP contribution in [0.3, 0.4) is 0 Å². The maximum atomic E-state index is 15.4. The quantitative estimate of drug-likeness (QED) is 0.221. The Morgan fingerprint density at radius 1 is 0.979 bits per heavy atom. The SMILES string of the molecule is Cc1cc(C)c(-c2cc(F)c(F)c([C@H](CC(=O)O)NC(=O)[C@H](CC(C)C)NC(=O)c3cccn(CCN4CC(C)(C)C4)c3=O)c2)c(C)c1. The van der Waals surface area contributed by atoms with E-state index in [4.69, 9.17) is 0 Å². The summed E-state index contributed by atoms with van der Waals surface area (Å²) in [5.74, 6) is -5.45. The first-order valence-corrected chi connectivity index (χ1v) is 16.3. The van der Waals surface area contributed by atoms with Gasteiger partial charge in [-0.05, 0) is 85.0 Å². The van der Waals surface area contributed by atoms with E-state index in [1.54, 1.807) is 12.3 Å². The van der Waals surface area contributed by atoms with Crippen molar-refractivity contribution in [2.45, 2.75) is 79.9 Å². The highest BCUT2D eigenvalue weighted by Gasteiger charge is 2.34. The Bertz CT molecular complexity index is 1740. The van der Waals surface area contributed by atoms with E-state index in [9.17, 15) is 24.3 Å². The number of aryl methyl sites for hydroxylation is 3. The highest BCUT2D eigenvalue weighted by Crippen LogP contribution is 2.34. The Morgan fingerprint density at radius 3 is 2.21 bits per heavy atom. The molecule has 1 aliphatic rings. The minimum absolute atomic E-state index is 0.0998. The molecule has 48 heavy (non-hydrogen) atoms. The molecule has 2 heterocycles. The molecule has 9 nitrogen and oxygen atoms in total. The van der Waals surface area contributed by atoms with Crippen molar-refractivity contribution in [3.63, 3.8) is 0 Å². The molecule has 0 saturated carbocycles. The largest absolute Gasteiger partial charge is 0.481 e. The lowest BCUT2D eigenvalue weighted by molar-refractivity contribution is -0.137. The summed E-state index contributed by atoms with van der Waals surface area (Å²) in [6, 6.07) is 6.57. The minimum Gasteiger partial charge on any atom is -0.481 e. The lowest BCUT2D eigenvalue weighted by atomic mass is 9.84. The second kappa shape index (κ2) is 14.8. The molecule has 1 fully saturated rings. The van der Waals surface area contributed by atoms with Gasteiger partial charge in [-0.25, -0.2) is 8.78 Å². The van der Waals surface area contributed by atoms with E-state index in [-0.39, 0.29) is 28.9 Å². The summed E-state index contributed by atoms with van der Waals surface area (Å²) in [5, 5.41) is 14.9. The van der Waals surface area contributed by atoms with Crippen molar-refractivity contribution in [1.82, 2.24) is 20.1 Å². The van der Waals surface area contributed by atoms with Crippen molar-refractivity contribution < 1.29 is 28.3 Å². The zero-order valence-corrected chi connectivity index (χ0v) is 28.7. The number of rotatable bonds is 13. The number of aromatic nitrogens is 1. The first kappa shape index (κ1) is 36.5. The lowest BCUT2D eigenvalue weighted by Crippen LogP contribution is -2.54. The summed E-state index contributed by atoms with van der Waals surface area (Å²) in [6.07, 6.45) is 1.01. The van der Waals surface area contributed by atoms with Gasteiger partial charge in [-0.2, -0.15) is 0 Å². The van der Waals surface area contributed by atoms with Crippen LogP contribution in [-0.4, -0.2) is 58.0 Å². The minimum atomic E-state index is -1.46. The molecule has 4 rings (SSSR count). The van der Waals surface area contributed by atoms with E-state index in [0.29, 0.717) is 24.2 Å². The van der Waals surface area contributed by atoms with Crippen molar-refractivity contribution in [2.24, 2.45) is 11.3 Å². The molecule has 258 valence electrons. The molecular weight excluding hydrogens is 618 g/mol. The molecule has 3 N–H and O–H groups in total. The number of pyridine rings is 1. The van der Waals surface area contributed by atoms with Gasteiger partial charge in [0.2, 0.25) is 5.91 Å². The molecule has 11 heteroatoms. The summed E-state index contributed by atoms with van der Waals surface area (Å²) in [7, 11) is 0. The van der Waals surface area contributed by atoms with Gasteiger partial charge in [-0.1, -0.05) is 45.4 Å². The molecular formula is C37H46F2N4O5. The van der Waals surface area contributed by atoms with Gasteiger partial charge in [0.1, 0.15) is 11.6 Å². The summed E-state index contributed by atoms with van der Waals surface area (Å²) in [4.78, 5) is 54.5. The molecule has 1 saturated heterocycles. The van der Waals surface area contributed by atoms with Gasteiger partial charge in [-0.3, -0.25) is 19.2 Å². The predicted octanol–water partition coefficient (Wildman–Crippen LogP) is 5.54. The average molecular weight is 665 g/mol. The number of nitrogens with one attached hydrogen (secondary N) is 2. The van der Waals surface area contributed by atoms with Crippen LogP contribution in [0.1, 0.15) is 79.2 Å². The van der Waals surface area contributed by atoms with Gasteiger partial charge in [0.05, 0.1) is 12.5 Å². The van der Waals surface area contributed by atoms with Crippen molar-refractivity contribution in [1.29, 1.82) is 0 Å². The zero-order valence-electron chi connectivity index (χ0n) is 28.7. The highest BCUT2D eigenvalue weighted by atomic mass is 19.2. The molecule has 1 aromatic heterocycles. The van der Waals surface area contributed by atoms with Crippen molar-refractivity contribution in [3.05, 3.63) is 92.4 Å². The second-order valence-electron chi connectivity index (χ2n) is 14.2. The Morgan fingerprint density at radius 2 is 1.62 bits per heavy atom. The number of hydrogen-bond acceptors (Lipinski definition) is 5. The zero-order chi connectivity index (χ0) is 35.5. The third-order valence-electron chi connectivity index (χ3n) is 8.65. The number of likely N-dealkylation sites (tertiary alicyclic amines) is 1. The summed E-state index contributed by atoms with van der Waals surface area (Å²) in [6.45, 7) is 16.5. The standard InChI is InChI=1S/C37H46F2N4O5/c1-21(2)13-30(41-34(46)26-9-8-10-43(36(26)48)12-11-42-19-37(6,7)20-42)35(47)40-29(18-31(44)45)27-16-25(17-28(38)33(27)39)32-23(4)14-22(3)15-24(32)5/h8-10,14-17,21,29-30H,11-13,18-20H2,1-7H3,(H,40,47)(H,41,46)(H,44,45)/t29-,30-/m0/s1. The molecule has 0 radical (unpaired) electrons. The molecule has 2 amide bonds. The first-order chi connectivity index (χ1) is 22.5. The van der Waals surface area contributed by atoms with Crippen LogP contribution in [0.15, 0.2) is 47.4 Å². The van der Waals surface area contributed by atoms with E-state index in [0.717, 1.165) is 35.8 Å². The van der Waals surface area contributed by atoms with Crippen LogP contribution in [0.4, 0.5) is 8.78 Å². The molecule has 0 spiro atoms. The van der Waals surface area contributed by atoms with E-state index in [1.807, 2.05) is 46.8 Å². The van der Waals surface area contributed by atoms with Crippen LogP contribution in [0, 0.1) is 43.7 Å². The van der Waals surface area contributed by atoms with E-state index in [2.05, 4.69) is 29.4 Å². The van der Waals surface area contributed by atoms with E-state index >= 15 is 8.78 Å². The Balaban J connectivity index is 1.59. The lowest BCUT2D eigenvalue weighted by Gasteiger charge is -2.46. The molecule has 0 aliphatic carbocycles. The van der Waals surface area contributed by atoms with Crippen LogP contribution in [0.5, 0.6) is 0 Å². The summed E-state index contributed by atoms with van der Waals surface area (Å²) in [5.41, 5.74) is 2.93. The van der Waals surface area contributed by atoms with Gasteiger partial charge in [-0.15, -0.1) is 0 Å². The number of benzene rings is 2. The second-order valence-corrected chi connectivity index (χ2v) is 14.2. The number of nitrogens with zero attached hydrogens (tertiary/aromatic N) is 2. The number of carboxylic acids is 1. The fourth-order valence-electron chi connectivity index (χ4n) is 6.73. The maximum absolute atomic E-state index is 15.4. The molecule has 1 aliphatic heterocycles. The first-order valence-electron chi connectivity index (χ1n) is 16.3. The van der Waals surface area contributed by atoms with Crippen molar-refractivity contribution in [2.75, 3.05) is 19.6 Å². The fraction of sp³-hybridized carbons (Fsp3) is 0.459. The molecule has 2 aromatic carbocycles. The van der Waals surface area contributed by atoms with Crippen LogP contribution >= 0.6 is 0 Å². The number of aliphatic carboxylic acids is 1. The fourth-order valence-corrected chi connectivity index (χ4v) is 6.73. The van der Waals surface area contributed by atoms with Crippen LogP contribution in [-0.2, 0) is 16.1 Å². The third-order valence-corrected chi connectivity index (χ3v) is 8.65. The molecule has 0 unspecified atom stereocenters. The molecule has 3 aromatic rings. The average Bonchev–Trinajstić information content (AvgIpc) is 2.95. The number of carboxylic acid groups (broad SMARTS) is 1. The number of carbonyl (C=O) groups is 3. The number of hydrogen-bond donors (Lipinski definition) is 3. The summed E-state index contributed by atoms with van der Waals surface area (Å²) >= 11 is 0. The van der Waals surface area contributed by atoms with E-state index < -0.39 is 53.5 Å². The highest BCUT2D eigenvalue weighted by molar-refractivity contribution is 5.97. The van der Waals surface area contributed by atoms with Crippen LogP contribution < -0.4 is 16.2 Å². The van der Waals surface area contributed by atoms with Gasteiger partial charge < -0.3 is 25.2 Å². The maximum Gasteiger partial charge on any atom is 0.305 e. The number of halogens is 2. The van der Waals surface area contributed by atoms with Crippen LogP contribution in [0.25, 0.3) is 11.1 Å². The normalized spacial score (nSPS) is 15.5. The number of amides is 2. The number of carbonyl (C=O) groups excluding carboxylic acids is 2. The monoisotopic (exact) mass is 664 g/mol. The Kier molecular flexibility index (Phi) is 11.2. The Labute approximate surface area is 280 Å². The Hall–Kier alpha value is -4.38. The topological polar surface area (TPSA) is 121 Å². The smallest absolute Gasteiger partial charge is 0.305 e. The van der Waals surface area contributed by atoms with Gasteiger partial charge >= 0.3 is 5.97 Å². The summed E-state index contributed by atoms with van der Waals surface area (Å²) < 4.78 is 31.9. The van der Waals surface area contributed by atoms with Crippen molar-refractivity contribution in [3.8, 4) is 11.1 Å².